The van der Waals surface area contributed by atoms with Crippen LogP contribution in [0.2, 0.25) is 5.02 Å². The first kappa shape index (κ1) is 36.0. The van der Waals surface area contributed by atoms with Crippen molar-refractivity contribution in [2.45, 2.75) is 86.0 Å². The number of aryl methyl sites for hydroxylation is 2. The van der Waals surface area contributed by atoms with Gasteiger partial charge in [-0.1, -0.05) is 56.7 Å². The Labute approximate surface area is 274 Å². The van der Waals surface area contributed by atoms with Crippen molar-refractivity contribution in [1.29, 1.82) is 0 Å². The van der Waals surface area contributed by atoms with E-state index in [0.29, 0.717) is 5.02 Å². The number of aromatic nitrogens is 1. The predicted octanol–water partition coefficient (Wildman–Crippen LogP) is 5.76. The van der Waals surface area contributed by atoms with E-state index in [1.807, 2.05) is 64.3 Å². The number of amides is 2. The molecule has 4 unspecified atom stereocenters. The number of thiazole rings is 1. The summed E-state index contributed by atoms with van der Waals surface area (Å²) in [5, 5.41) is 8.98. The van der Waals surface area contributed by atoms with E-state index in [0.717, 1.165) is 21.8 Å². The molecule has 0 radical (unpaired) electrons. The smallest absolute Gasteiger partial charge is 0.347 e. The number of ether oxygens (including phenoxy) is 2. The Balaban J connectivity index is 1.93. The molecule has 0 saturated carbocycles. The highest BCUT2D eigenvalue weighted by Crippen LogP contribution is 2.24. The van der Waals surface area contributed by atoms with Crippen LogP contribution in [0.1, 0.15) is 69.3 Å². The summed E-state index contributed by atoms with van der Waals surface area (Å²) < 4.78 is 11.7. The lowest BCUT2D eigenvalue weighted by Crippen LogP contribution is -2.51. The monoisotopic (exact) mass is 657 g/mol. The average molecular weight is 658 g/mol. The zero-order valence-corrected chi connectivity index (χ0v) is 28.6. The summed E-state index contributed by atoms with van der Waals surface area (Å²) in [5.74, 6) is -2.48. The number of halogens is 1. The Morgan fingerprint density at radius 3 is 2.51 bits per heavy atom. The SMILES string of the molecule is Cc1nc(/C=C/C(C)C2C/C=C/C(=O)NC(Cc3ccc(C)c(Cl)c3)C(=O)NCC(C)(C)C(=O)OC(CC(C)C)C(=O)O2)cs1. The van der Waals surface area contributed by atoms with Gasteiger partial charge in [-0.2, -0.15) is 0 Å². The molecule has 3 rings (SSSR count). The van der Waals surface area contributed by atoms with Gasteiger partial charge in [0.05, 0.1) is 16.1 Å². The molecule has 9 nitrogen and oxygen atoms in total. The molecule has 1 aliphatic rings. The molecular formula is C34H44ClN3O6S. The second-order valence-electron chi connectivity index (χ2n) is 12.6. The number of rotatable bonds is 7. The minimum absolute atomic E-state index is 0.0343. The molecule has 2 heterocycles. The highest BCUT2D eigenvalue weighted by molar-refractivity contribution is 7.09. The van der Waals surface area contributed by atoms with Gasteiger partial charge >= 0.3 is 11.9 Å². The zero-order chi connectivity index (χ0) is 33.3. The van der Waals surface area contributed by atoms with Crippen molar-refractivity contribution in [2.75, 3.05) is 6.54 Å². The van der Waals surface area contributed by atoms with Gasteiger partial charge in [0.25, 0.3) is 0 Å². The molecule has 2 aromatic rings. The van der Waals surface area contributed by atoms with Crippen LogP contribution in [0.15, 0.2) is 41.8 Å². The fourth-order valence-corrected chi connectivity index (χ4v) is 5.36. The Morgan fingerprint density at radius 2 is 1.87 bits per heavy atom. The number of hydrogen-bond donors (Lipinski definition) is 2. The van der Waals surface area contributed by atoms with Gasteiger partial charge in [0.2, 0.25) is 11.8 Å². The number of nitrogens with zero attached hydrogens (tertiary/aromatic N) is 1. The van der Waals surface area contributed by atoms with Crippen molar-refractivity contribution in [3.8, 4) is 0 Å². The van der Waals surface area contributed by atoms with Crippen LogP contribution in [-0.4, -0.2) is 53.5 Å². The molecule has 1 aliphatic heterocycles. The Kier molecular flexibility index (Phi) is 12.9. The number of hydrogen-bond acceptors (Lipinski definition) is 8. The Hall–Kier alpha value is -3.50. The van der Waals surface area contributed by atoms with Crippen molar-refractivity contribution < 1.29 is 28.7 Å². The van der Waals surface area contributed by atoms with Crippen LogP contribution in [0.4, 0.5) is 0 Å². The van der Waals surface area contributed by atoms with E-state index >= 15 is 0 Å². The summed E-state index contributed by atoms with van der Waals surface area (Å²) >= 11 is 7.85. The third-order valence-electron chi connectivity index (χ3n) is 7.46. The third-order valence-corrected chi connectivity index (χ3v) is 8.66. The van der Waals surface area contributed by atoms with Crippen LogP contribution in [0.5, 0.6) is 0 Å². The van der Waals surface area contributed by atoms with Gasteiger partial charge < -0.3 is 20.1 Å². The van der Waals surface area contributed by atoms with Gasteiger partial charge in [-0.15, -0.1) is 11.3 Å². The largest absolute Gasteiger partial charge is 0.459 e. The number of esters is 2. The van der Waals surface area contributed by atoms with Crippen molar-refractivity contribution in [1.82, 2.24) is 15.6 Å². The zero-order valence-electron chi connectivity index (χ0n) is 27.0. The summed E-state index contributed by atoms with van der Waals surface area (Å²) in [7, 11) is 0. The maximum atomic E-state index is 13.5. The van der Waals surface area contributed by atoms with Crippen molar-refractivity contribution in [2.24, 2.45) is 17.3 Å². The molecule has 0 spiro atoms. The maximum Gasteiger partial charge on any atom is 0.347 e. The first-order chi connectivity index (χ1) is 21.1. The summed E-state index contributed by atoms with van der Waals surface area (Å²) in [5.41, 5.74) is 1.28. The first-order valence-corrected chi connectivity index (χ1v) is 16.4. The van der Waals surface area contributed by atoms with E-state index in [2.05, 4.69) is 15.6 Å². The molecule has 11 heteroatoms. The molecule has 244 valence electrons. The van der Waals surface area contributed by atoms with E-state index in [-0.39, 0.29) is 37.6 Å². The van der Waals surface area contributed by atoms with Gasteiger partial charge in [0.15, 0.2) is 6.10 Å². The summed E-state index contributed by atoms with van der Waals surface area (Å²) in [4.78, 5) is 57.7. The summed E-state index contributed by atoms with van der Waals surface area (Å²) in [6.45, 7) is 12.7. The lowest BCUT2D eigenvalue weighted by molar-refractivity contribution is -0.178. The lowest BCUT2D eigenvalue weighted by atomic mass is 9.93. The highest BCUT2D eigenvalue weighted by atomic mass is 35.5. The van der Waals surface area contributed by atoms with Crippen LogP contribution < -0.4 is 10.6 Å². The number of carbonyl (C=O) groups is 4. The van der Waals surface area contributed by atoms with E-state index < -0.39 is 47.4 Å². The molecule has 0 bridgehead atoms. The van der Waals surface area contributed by atoms with Crippen LogP contribution in [0.3, 0.4) is 0 Å². The maximum absolute atomic E-state index is 13.5. The van der Waals surface area contributed by atoms with Gasteiger partial charge in [-0.05, 0) is 69.4 Å². The second-order valence-corrected chi connectivity index (χ2v) is 14.1. The lowest BCUT2D eigenvalue weighted by Gasteiger charge is -2.29. The van der Waals surface area contributed by atoms with Crippen molar-refractivity contribution >= 4 is 52.8 Å². The number of carbonyl (C=O) groups excluding carboxylic acids is 4. The van der Waals surface area contributed by atoms with Gasteiger partial charge in [0, 0.05) is 35.7 Å². The normalized spacial score (nSPS) is 23.3. The van der Waals surface area contributed by atoms with Gasteiger partial charge in [-0.25, -0.2) is 9.78 Å². The Bertz CT molecular complexity index is 1430. The van der Waals surface area contributed by atoms with E-state index in [9.17, 15) is 19.2 Å². The van der Waals surface area contributed by atoms with Crippen LogP contribution >= 0.6 is 22.9 Å². The topological polar surface area (TPSA) is 124 Å². The molecule has 45 heavy (non-hydrogen) atoms. The molecule has 0 aliphatic carbocycles. The standard InChI is InChI=1S/C34H44ClN3O6S/c1-20(2)15-29-32(41)43-28(22(4)12-14-25-18-45-23(5)37-25)9-8-10-30(39)38-27(17-24-13-11-21(3)26(35)16-24)31(40)36-19-34(6,7)33(42)44-29/h8,10-14,16,18,20,22,27-29H,9,15,17,19H2,1-7H3,(H,36,40)(H,38,39)/b10-8+,14-12+. The minimum Gasteiger partial charge on any atom is -0.459 e. The summed E-state index contributed by atoms with van der Waals surface area (Å²) in [6.07, 6.45) is 5.58. The molecular weight excluding hydrogens is 614 g/mol. The van der Waals surface area contributed by atoms with Crippen molar-refractivity contribution in [3.05, 3.63) is 68.7 Å². The second kappa shape index (κ2) is 16.2. The van der Waals surface area contributed by atoms with Crippen LogP contribution in [0.25, 0.3) is 6.08 Å². The highest BCUT2D eigenvalue weighted by Gasteiger charge is 2.37. The summed E-state index contributed by atoms with van der Waals surface area (Å²) in [6, 6.07) is 4.53. The Morgan fingerprint density at radius 1 is 1.13 bits per heavy atom. The van der Waals surface area contributed by atoms with Gasteiger partial charge in [-0.3, -0.25) is 14.4 Å². The van der Waals surface area contributed by atoms with Crippen LogP contribution in [0, 0.1) is 31.1 Å². The first-order valence-electron chi connectivity index (χ1n) is 15.2. The number of benzene rings is 1. The number of nitrogens with one attached hydrogen (secondary N) is 2. The fourth-order valence-electron chi connectivity index (χ4n) is 4.58. The fraction of sp³-hybridized carbons (Fsp3) is 0.500. The molecule has 2 amide bonds. The molecule has 4 atom stereocenters. The quantitative estimate of drug-likeness (QED) is 0.363. The molecule has 1 aromatic heterocycles. The van der Waals surface area contributed by atoms with Crippen molar-refractivity contribution in [3.63, 3.8) is 0 Å². The van der Waals surface area contributed by atoms with Gasteiger partial charge in [0.1, 0.15) is 12.1 Å². The van der Waals surface area contributed by atoms with Crippen LogP contribution in [-0.2, 0) is 35.1 Å². The third kappa shape index (κ3) is 11.1. The predicted molar refractivity (Wildman–Crippen MR) is 177 cm³/mol. The van der Waals surface area contributed by atoms with E-state index in [4.69, 9.17) is 21.1 Å². The van der Waals surface area contributed by atoms with E-state index in [1.54, 1.807) is 26.0 Å². The minimum atomic E-state index is -1.18. The molecule has 0 saturated heterocycles. The van der Waals surface area contributed by atoms with E-state index in [1.165, 1.54) is 17.4 Å². The molecule has 1 aromatic carbocycles. The molecule has 2 N–H and O–H groups in total. The average Bonchev–Trinajstić information content (AvgIpc) is 3.39. The number of cyclic esters (lactones) is 2. The molecule has 0 fully saturated rings.